The number of ether oxygens (including phenoxy) is 1. The Labute approximate surface area is 98.0 Å². The molecule has 0 radical (unpaired) electrons. The summed E-state index contributed by atoms with van der Waals surface area (Å²) in [5.41, 5.74) is 0. The fourth-order valence-corrected chi connectivity index (χ4v) is 0.909. The number of thiol groups is 1. The van der Waals surface area contributed by atoms with Crippen LogP contribution in [-0.4, -0.2) is 41.7 Å². The molecule has 0 aromatic carbocycles. The zero-order valence-electron chi connectivity index (χ0n) is 5.34. The maximum absolute atomic E-state index is 5.73. The molecule has 0 unspecified atom stereocenters. The molecule has 0 spiro atoms. The molecule has 0 aliphatic rings. The van der Waals surface area contributed by atoms with Gasteiger partial charge in [0.2, 0.25) is 5.88 Å². The predicted molar refractivity (Wildman–Crippen MR) is 50.2 cm³/mol. The van der Waals surface area contributed by atoms with Crippen molar-refractivity contribution in [1.29, 1.82) is 0 Å². The van der Waals surface area contributed by atoms with E-state index in [1.807, 2.05) is 0 Å². The quantitative estimate of drug-likeness (QED) is 0.546. The van der Waals surface area contributed by atoms with Crippen molar-refractivity contribution in [3.63, 3.8) is 0 Å². The molecule has 0 bridgehead atoms. The van der Waals surface area contributed by atoms with Gasteiger partial charge in [0, 0.05) is 11.1 Å². The normalized spacial score (nSPS) is 8.64. The average molecular weight is 200 g/mol. The van der Waals surface area contributed by atoms with Crippen LogP contribution in [0.3, 0.4) is 0 Å². The summed E-state index contributed by atoms with van der Waals surface area (Å²) < 4.78 is 4.83. The zero-order valence-corrected chi connectivity index (χ0v) is 6.99. The molecule has 0 amide bonds. The summed E-state index contributed by atoms with van der Waals surface area (Å²) in [6.45, 7) is 0. The molecule has 1 rings (SSSR count). The van der Waals surface area contributed by atoms with E-state index in [-0.39, 0.29) is 29.6 Å². The van der Waals surface area contributed by atoms with Crippen LogP contribution in [0.4, 0.5) is 0 Å². The van der Waals surface area contributed by atoms with Gasteiger partial charge >= 0.3 is 29.6 Å². The summed E-state index contributed by atoms with van der Waals surface area (Å²) in [6, 6.07) is 1.70. The van der Waals surface area contributed by atoms with Crippen molar-refractivity contribution < 1.29 is 4.74 Å². The molecule has 0 saturated carbocycles. The molecule has 11 heavy (non-hydrogen) atoms. The number of methoxy groups -OCH3 is 1. The van der Waals surface area contributed by atoms with Crippen LogP contribution in [0.25, 0.3) is 0 Å². The maximum atomic E-state index is 5.73. The molecule has 0 N–H and O–H groups in total. The second kappa shape index (κ2) is 5.27. The minimum atomic E-state index is 0. The van der Waals surface area contributed by atoms with Crippen LogP contribution in [0.15, 0.2) is 17.2 Å². The number of hydrogen-bond acceptors (Lipinski definition) is 3. The fourth-order valence-electron chi connectivity index (χ4n) is 0.557. The van der Waals surface area contributed by atoms with Crippen LogP contribution >= 0.6 is 24.2 Å². The molecule has 0 fully saturated rings. The first-order chi connectivity index (χ1) is 4.75. The van der Waals surface area contributed by atoms with E-state index in [1.165, 1.54) is 7.11 Å². The summed E-state index contributed by atoms with van der Waals surface area (Å²) in [5.74, 6) is 0.411. The van der Waals surface area contributed by atoms with Crippen LogP contribution in [0.5, 0.6) is 5.88 Å². The molecule has 1 heterocycles. The van der Waals surface area contributed by atoms with Gasteiger partial charge in [-0.1, -0.05) is 11.6 Å². The van der Waals surface area contributed by atoms with Gasteiger partial charge in [-0.15, -0.1) is 12.6 Å². The van der Waals surface area contributed by atoms with E-state index in [4.69, 9.17) is 16.3 Å². The summed E-state index contributed by atoms with van der Waals surface area (Å²) in [6.07, 6.45) is 1.59. The van der Waals surface area contributed by atoms with Crippen molar-refractivity contribution in [2.24, 2.45) is 0 Å². The van der Waals surface area contributed by atoms with Crippen molar-refractivity contribution in [3.05, 3.63) is 17.3 Å². The fraction of sp³-hybridized carbons (Fsp3) is 0.167. The van der Waals surface area contributed by atoms with E-state index >= 15 is 0 Å². The van der Waals surface area contributed by atoms with Crippen LogP contribution in [0.1, 0.15) is 0 Å². The third-order valence-corrected chi connectivity index (χ3v) is 1.90. The third-order valence-electron chi connectivity index (χ3n) is 1.03. The molecule has 5 heteroatoms. The first-order valence-corrected chi connectivity index (χ1v) is 3.45. The summed E-state index contributed by atoms with van der Waals surface area (Å²) in [4.78, 5) is 4.53. The van der Waals surface area contributed by atoms with Crippen molar-refractivity contribution in [2.45, 2.75) is 4.90 Å². The summed E-state index contributed by atoms with van der Waals surface area (Å²) in [7, 11) is 1.52. The molecule has 0 saturated heterocycles. The Balaban J connectivity index is 0.000001000. The van der Waals surface area contributed by atoms with Gasteiger partial charge in [0.25, 0.3) is 0 Å². The molecular weight excluding hydrogens is 193 g/mol. The van der Waals surface area contributed by atoms with E-state index in [1.54, 1.807) is 12.3 Å². The molecule has 1 aromatic heterocycles. The summed E-state index contributed by atoms with van der Waals surface area (Å²) >= 11 is 9.80. The van der Waals surface area contributed by atoms with Gasteiger partial charge in [-0.05, 0) is 6.07 Å². The van der Waals surface area contributed by atoms with Crippen LogP contribution < -0.4 is 4.74 Å². The molecule has 0 aliphatic heterocycles. The van der Waals surface area contributed by atoms with E-state index in [9.17, 15) is 0 Å². The number of halogens is 1. The zero-order chi connectivity index (χ0) is 7.56. The van der Waals surface area contributed by atoms with Crippen LogP contribution in [-0.2, 0) is 0 Å². The summed E-state index contributed by atoms with van der Waals surface area (Å²) in [5, 5.41) is 0.452. The molecule has 1 aromatic rings. The van der Waals surface area contributed by atoms with Crippen molar-refractivity contribution in [1.82, 2.24) is 4.98 Å². The number of aromatic nitrogens is 1. The Bertz CT molecular complexity index is 246. The van der Waals surface area contributed by atoms with Crippen molar-refractivity contribution in [2.75, 3.05) is 7.11 Å². The number of hydrogen-bond donors (Lipinski definition) is 1. The van der Waals surface area contributed by atoms with E-state index in [0.29, 0.717) is 15.8 Å². The molecule has 56 valence electrons. The Kier molecular flexibility index (Phi) is 5.56. The third kappa shape index (κ3) is 2.84. The minimum absolute atomic E-state index is 0. The van der Waals surface area contributed by atoms with Crippen LogP contribution in [0.2, 0.25) is 5.02 Å². The SMILES string of the molecule is COc1nccc(S)c1Cl.[NaH]. The Hall–Kier alpha value is 0.590. The average Bonchev–Trinajstić information content (AvgIpc) is 1.95. The number of nitrogens with zero attached hydrogens (tertiary/aromatic N) is 1. The van der Waals surface area contributed by atoms with Crippen molar-refractivity contribution in [3.8, 4) is 5.88 Å². The number of rotatable bonds is 1. The van der Waals surface area contributed by atoms with Gasteiger partial charge < -0.3 is 4.74 Å². The van der Waals surface area contributed by atoms with Crippen LogP contribution in [0, 0.1) is 0 Å². The van der Waals surface area contributed by atoms with E-state index in [0.717, 1.165) is 0 Å². The molecule has 2 nitrogen and oxygen atoms in total. The van der Waals surface area contributed by atoms with Gasteiger partial charge in [0.15, 0.2) is 0 Å². The van der Waals surface area contributed by atoms with Gasteiger partial charge in [-0.2, -0.15) is 0 Å². The molecular formula is C6H7ClNNaOS. The van der Waals surface area contributed by atoms with E-state index < -0.39 is 0 Å². The first-order valence-electron chi connectivity index (χ1n) is 2.63. The van der Waals surface area contributed by atoms with E-state index in [2.05, 4.69) is 17.6 Å². The van der Waals surface area contributed by atoms with Gasteiger partial charge in [0.05, 0.1) is 7.11 Å². The van der Waals surface area contributed by atoms with Gasteiger partial charge in [-0.25, -0.2) is 4.98 Å². The molecule has 0 aliphatic carbocycles. The van der Waals surface area contributed by atoms with Gasteiger partial charge in [0.1, 0.15) is 5.02 Å². The Morgan fingerprint density at radius 1 is 1.64 bits per heavy atom. The Morgan fingerprint density at radius 2 is 2.27 bits per heavy atom. The standard InChI is InChI=1S/C6H6ClNOS.Na.H/c1-9-6-5(7)4(10)2-3-8-6;;/h2-3H,1H3,(H,8,10);;. The topological polar surface area (TPSA) is 22.1 Å². The van der Waals surface area contributed by atoms with Gasteiger partial charge in [-0.3, -0.25) is 0 Å². The predicted octanol–water partition coefficient (Wildman–Crippen LogP) is 1.38. The monoisotopic (exact) mass is 199 g/mol. The van der Waals surface area contributed by atoms with Crippen molar-refractivity contribution >= 4 is 53.8 Å². The second-order valence-electron chi connectivity index (χ2n) is 1.65. The Morgan fingerprint density at radius 3 is 2.73 bits per heavy atom. The molecule has 0 atom stereocenters. The number of pyridine rings is 1. The second-order valence-corrected chi connectivity index (χ2v) is 2.51. The first kappa shape index (κ1) is 11.6.